The van der Waals surface area contributed by atoms with Crippen LogP contribution in [0.15, 0.2) is 0 Å². The van der Waals surface area contributed by atoms with Crippen LogP contribution in [0.25, 0.3) is 0 Å². The summed E-state index contributed by atoms with van der Waals surface area (Å²) in [7, 11) is 0. The van der Waals surface area contributed by atoms with Crippen LogP contribution in [0.3, 0.4) is 0 Å². The Morgan fingerprint density at radius 1 is 1.60 bits per heavy atom. The van der Waals surface area contributed by atoms with E-state index in [1.807, 2.05) is 23.5 Å². The molecule has 0 unspecified atom stereocenters. The minimum absolute atomic E-state index is 0.289. The van der Waals surface area contributed by atoms with Gasteiger partial charge in [0.15, 0.2) is 0 Å². The molecule has 1 fully saturated rings. The third-order valence-corrected chi connectivity index (χ3v) is 4.95. The fourth-order valence-corrected chi connectivity index (χ4v) is 4.18. The number of carbonyl (C=O) groups excluding carboxylic acids is 1. The Morgan fingerprint density at radius 2 is 2.20 bits per heavy atom. The summed E-state index contributed by atoms with van der Waals surface area (Å²) in [4.78, 5) is 10.5. The van der Waals surface area contributed by atoms with Crippen molar-refractivity contribution in [3.8, 4) is 0 Å². The second-order valence-electron chi connectivity index (χ2n) is 2.32. The van der Waals surface area contributed by atoms with Gasteiger partial charge in [0.05, 0.1) is 4.58 Å². The van der Waals surface area contributed by atoms with Crippen molar-refractivity contribution in [3.05, 3.63) is 0 Å². The number of hydrogen-bond donors (Lipinski definition) is 0. The van der Waals surface area contributed by atoms with E-state index in [0.29, 0.717) is 4.58 Å². The fraction of sp³-hybridized carbons (Fsp3) is 0.857. The summed E-state index contributed by atoms with van der Waals surface area (Å²) in [6.07, 6.45) is 2.10. The van der Waals surface area contributed by atoms with E-state index >= 15 is 0 Å². The van der Waals surface area contributed by atoms with Crippen LogP contribution in [-0.4, -0.2) is 22.4 Å². The molecular formula is C7H12OS2. The predicted molar refractivity (Wildman–Crippen MR) is 48.5 cm³/mol. The van der Waals surface area contributed by atoms with E-state index in [-0.39, 0.29) is 5.92 Å². The summed E-state index contributed by atoms with van der Waals surface area (Å²) in [5, 5.41) is 0. The van der Waals surface area contributed by atoms with Crippen LogP contribution in [0.2, 0.25) is 0 Å². The summed E-state index contributed by atoms with van der Waals surface area (Å²) in [5.41, 5.74) is 0. The molecule has 1 saturated heterocycles. The van der Waals surface area contributed by atoms with E-state index in [9.17, 15) is 4.79 Å². The van der Waals surface area contributed by atoms with Gasteiger partial charge < -0.3 is 4.79 Å². The first-order chi connectivity index (χ1) is 4.88. The van der Waals surface area contributed by atoms with Crippen LogP contribution < -0.4 is 0 Å². The summed E-state index contributed by atoms with van der Waals surface area (Å²) >= 11 is 3.86. The van der Waals surface area contributed by atoms with E-state index in [0.717, 1.165) is 12.7 Å². The molecule has 1 aliphatic heterocycles. The van der Waals surface area contributed by atoms with Crippen LogP contribution in [0.5, 0.6) is 0 Å². The topological polar surface area (TPSA) is 17.1 Å². The lowest BCUT2D eigenvalue weighted by Gasteiger charge is -2.12. The maximum atomic E-state index is 10.5. The molecule has 1 atom stereocenters. The predicted octanol–water partition coefficient (Wildman–Crippen LogP) is 2.02. The number of hydrogen-bond acceptors (Lipinski definition) is 3. The van der Waals surface area contributed by atoms with Gasteiger partial charge in [0.2, 0.25) is 0 Å². The maximum absolute atomic E-state index is 10.5. The Kier molecular flexibility index (Phi) is 3.63. The number of aldehydes is 1. The molecule has 0 aromatic carbocycles. The minimum atomic E-state index is 0.289. The molecule has 0 aromatic heterocycles. The van der Waals surface area contributed by atoms with E-state index in [4.69, 9.17) is 0 Å². The smallest absolute Gasteiger partial charge is 0.125 e. The summed E-state index contributed by atoms with van der Waals surface area (Å²) in [6, 6.07) is 0. The molecule has 1 heterocycles. The van der Waals surface area contributed by atoms with Crippen molar-refractivity contribution in [2.75, 3.05) is 11.5 Å². The van der Waals surface area contributed by atoms with Crippen molar-refractivity contribution >= 4 is 29.8 Å². The molecule has 58 valence electrons. The van der Waals surface area contributed by atoms with Crippen molar-refractivity contribution in [1.29, 1.82) is 0 Å². The summed E-state index contributed by atoms with van der Waals surface area (Å²) < 4.78 is 0.558. The van der Waals surface area contributed by atoms with Crippen LogP contribution in [0.1, 0.15) is 13.3 Å². The molecule has 10 heavy (non-hydrogen) atoms. The highest BCUT2D eigenvalue weighted by molar-refractivity contribution is 8.20. The van der Waals surface area contributed by atoms with Gasteiger partial charge in [-0.2, -0.15) is 0 Å². The van der Waals surface area contributed by atoms with E-state index < -0.39 is 0 Å². The Hall–Kier alpha value is 0.370. The molecule has 0 bridgehead atoms. The first-order valence-electron chi connectivity index (χ1n) is 3.57. The highest BCUT2D eigenvalue weighted by atomic mass is 32.2. The third kappa shape index (κ3) is 1.92. The molecule has 0 N–H and O–H groups in total. The lowest BCUT2D eigenvalue weighted by atomic mass is 10.1. The zero-order chi connectivity index (χ0) is 7.40. The Morgan fingerprint density at radius 3 is 2.60 bits per heavy atom. The van der Waals surface area contributed by atoms with Crippen molar-refractivity contribution < 1.29 is 4.79 Å². The van der Waals surface area contributed by atoms with Crippen LogP contribution in [-0.2, 0) is 4.79 Å². The van der Waals surface area contributed by atoms with Gasteiger partial charge in [-0.25, -0.2) is 0 Å². The monoisotopic (exact) mass is 176 g/mol. The van der Waals surface area contributed by atoms with Gasteiger partial charge in [-0.1, -0.05) is 6.92 Å². The zero-order valence-electron chi connectivity index (χ0n) is 6.08. The minimum Gasteiger partial charge on any atom is -0.303 e. The molecule has 1 nitrogen and oxygen atoms in total. The molecule has 3 heteroatoms. The quantitative estimate of drug-likeness (QED) is 0.612. The molecule has 0 radical (unpaired) electrons. The highest BCUT2D eigenvalue weighted by Gasteiger charge is 2.23. The average Bonchev–Trinajstić information content (AvgIpc) is 2.43. The van der Waals surface area contributed by atoms with Gasteiger partial charge in [-0.05, 0) is 6.42 Å². The van der Waals surface area contributed by atoms with Crippen LogP contribution in [0.4, 0.5) is 0 Å². The SMILES string of the molecule is CC[C@@H](C=O)C1SCCS1. The lowest BCUT2D eigenvalue weighted by Crippen LogP contribution is -2.11. The average molecular weight is 176 g/mol. The summed E-state index contributed by atoms with van der Waals surface area (Å²) in [6.45, 7) is 2.08. The maximum Gasteiger partial charge on any atom is 0.125 e. The van der Waals surface area contributed by atoms with Gasteiger partial charge in [-0.15, -0.1) is 23.5 Å². The third-order valence-electron chi connectivity index (χ3n) is 1.64. The molecule has 0 saturated carbocycles. The molecule has 0 aromatic rings. The van der Waals surface area contributed by atoms with Crippen molar-refractivity contribution in [2.45, 2.75) is 17.9 Å². The first-order valence-corrected chi connectivity index (χ1v) is 5.66. The Bertz CT molecular complexity index is 110. The van der Waals surface area contributed by atoms with E-state index in [1.54, 1.807) is 0 Å². The molecular weight excluding hydrogens is 164 g/mol. The van der Waals surface area contributed by atoms with Crippen molar-refractivity contribution in [3.63, 3.8) is 0 Å². The zero-order valence-corrected chi connectivity index (χ0v) is 7.71. The first kappa shape index (κ1) is 8.47. The van der Waals surface area contributed by atoms with Gasteiger partial charge in [-0.3, -0.25) is 0 Å². The van der Waals surface area contributed by atoms with Crippen LogP contribution in [0, 0.1) is 5.92 Å². The van der Waals surface area contributed by atoms with Gasteiger partial charge >= 0.3 is 0 Å². The molecule has 1 aliphatic rings. The number of thioether (sulfide) groups is 2. The molecule has 0 spiro atoms. The number of carbonyl (C=O) groups is 1. The van der Waals surface area contributed by atoms with Crippen LogP contribution >= 0.6 is 23.5 Å². The largest absolute Gasteiger partial charge is 0.303 e. The van der Waals surface area contributed by atoms with Gasteiger partial charge in [0.1, 0.15) is 6.29 Å². The van der Waals surface area contributed by atoms with Crippen molar-refractivity contribution in [1.82, 2.24) is 0 Å². The second kappa shape index (κ2) is 4.29. The molecule has 0 amide bonds. The standard InChI is InChI=1S/C7H12OS2/c1-2-6(5-8)7-9-3-4-10-7/h5-7H,2-4H2,1H3/t6-/m0/s1. The lowest BCUT2D eigenvalue weighted by molar-refractivity contribution is -0.110. The van der Waals surface area contributed by atoms with Gasteiger partial charge in [0.25, 0.3) is 0 Å². The fourth-order valence-electron chi connectivity index (χ4n) is 0.977. The van der Waals surface area contributed by atoms with Gasteiger partial charge in [0, 0.05) is 17.4 Å². The Labute approximate surface area is 70.3 Å². The molecule has 0 aliphatic carbocycles. The highest BCUT2D eigenvalue weighted by Crippen LogP contribution is 2.37. The van der Waals surface area contributed by atoms with Crippen molar-refractivity contribution in [2.24, 2.45) is 5.92 Å². The number of rotatable bonds is 3. The summed E-state index contributed by atoms with van der Waals surface area (Å²) in [5.74, 6) is 2.73. The Balaban J connectivity index is 2.36. The van der Waals surface area contributed by atoms with E-state index in [2.05, 4.69) is 6.92 Å². The second-order valence-corrected chi connectivity index (χ2v) is 5.12. The normalized spacial score (nSPS) is 22.9. The molecule has 1 rings (SSSR count). The van der Waals surface area contributed by atoms with E-state index in [1.165, 1.54) is 11.5 Å².